The molecule has 0 bridgehead atoms. The Kier molecular flexibility index (Phi) is 4.18. The molecule has 2 aromatic carbocycles. The van der Waals surface area contributed by atoms with Crippen molar-refractivity contribution < 1.29 is 4.79 Å². The zero-order chi connectivity index (χ0) is 15.0. The Bertz CT molecular complexity index is 699. The van der Waals surface area contributed by atoms with Crippen LogP contribution in [0.1, 0.15) is 33.1 Å². The van der Waals surface area contributed by atoms with Crippen LogP contribution in [0.2, 0.25) is 0 Å². The van der Waals surface area contributed by atoms with Crippen LogP contribution >= 0.6 is 31.9 Å². The molecular weight excluding hydrogens is 394 g/mol. The lowest BCUT2D eigenvalue weighted by Gasteiger charge is -2.18. The number of hydrogen-bond donors (Lipinski definition) is 1. The Morgan fingerprint density at radius 1 is 1.24 bits per heavy atom. The lowest BCUT2D eigenvalue weighted by atomic mass is 10.1. The number of amides is 1. The summed E-state index contributed by atoms with van der Waals surface area (Å²) in [5.41, 5.74) is 4.31. The van der Waals surface area contributed by atoms with E-state index >= 15 is 0 Å². The standard InChI is InChI=1S/C17H15Br2NO/c1-10-6-7-12(9-14(10)18)17(21)20-16-13-5-3-2-4-11(13)8-15(16)19/h2-7,9,15-16H,8H2,1H3,(H,20,21). The molecule has 2 unspecified atom stereocenters. The van der Waals surface area contributed by atoms with E-state index in [1.165, 1.54) is 11.1 Å². The zero-order valence-electron chi connectivity index (χ0n) is 11.6. The first kappa shape index (κ1) is 14.8. The largest absolute Gasteiger partial charge is 0.344 e. The van der Waals surface area contributed by atoms with Gasteiger partial charge in [0.1, 0.15) is 0 Å². The number of hydrogen-bond acceptors (Lipinski definition) is 1. The second kappa shape index (κ2) is 5.93. The van der Waals surface area contributed by atoms with E-state index in [4.69, 9.17) is 0 Å². The van der Waals surface area contributed by atoms with Crippen molar-refractivity contribution in [1.29, 1.82) is 0 Å². The minimum Gasteiger partial charge on any atom is -0.344 e. The van der Waals surface area contributed by atoms with Crippen molar-refractivity contribution >= 4 is 37.8 Å². The summed E-state index contributed by atoms with van der Waals surface area (Å²) >= 11 is 7.16. The van der Waals surface area contributed by atoms with Gasteiger partial charge >= 0.3 is 0 Å². The smallest absolute Gasteiger partial charge is 0.251 e. The highest BCUT2D eigenvalue weighted by Crippen LogP contribution is 2.35. The molecule has 108 valence electrons. The summed E-state index contributed by atoms with van der Waals surface area (Å²) in [5, 5.41) is 3.14. The number of carbonyl (C=O) groups excluding carboxylic acids is 1. The minimum atomic E-state index is -0.0400. The Balaban J connectivity index is 1.83. The fraction of sp³-hybridized carbons (Fsp3) is 0.235. The van der Waals surface area contributed by atoms with E-state index < -0.39 is 0 Å². The molecule has 0 saturated heterocycles. The second-order valence-electron chi connectivity index (χ2n) is 5.33. The van der Waals surface area contributed by atoms with E-state index in [1.54, 1.807) is 0 Å². The summed E-state index contributed by atoms with van der Waals surface area (Å²) in [6.07, 6.45) is 0.943. The van der Waals surface area contributed by atoms with Gasteiger partial charge in [0.05, 0.1) is 6.04 Å². The molecule has 0 spiro atoms. The molecule has 21 heavy (non-hydrogen) atoms. The van der Waals surface area contributed by atoms with Crippen LogP contribution in [0.25, 0.3) is 0 Å². The molecule has 0 aliphatic heterocycles. The van der Waals surface area contributed by atoms with Crippen molar-refractivity contribution in [2.75, 3.05) is 0 Å². The third kappa shape index (κ3) is 2.92. The average Bonchev–Trinajstić information content (AvgIpc) is 2.78. The molecule has 1 aliphatic carbocycles. The molecule has 2 atom stereocenters. The first-order chi connectivity index (χ1) is 10.1. The summed E-state index contributed by atoms with van der Waals surface area (Å²) in [6.45, 7) is 2.01. The molecule has 0 fully saturated rings. The predicted molar refractivity (Wildman–Crippen MR) is 91.9 cm³/mol. The van der Waals surface area contributed by atoms with Crippen LogP contribution in [-0.4, -0.2) is 10.7 Å². The highest BCUT2D eigenvalue weighted by molar-refractivity contribution is 9.10. The summed E-state index contributed by atoms with van der Waals surface area (Å²) in [6, 6.07) is 14.0. The van der Waals surface area contributed by atoms with Gasteiger partial charge in [0.2, 0.25) is 0 Å². The monoisotopic (exact) mass is 407 g/mol. The maximum absolute atomic E-state index is 12.5. The molecule has 4 heteroatoms. The van der Waals surface area contributed by atoms with Gasteiger partial charge in [-0.05, 0) is 42.2 Å². The van der Waals surface area contributed by atoms with E-state index in [0.717, 1.165) is 16.5 Å². The number of carbonyl (C=O) groups is 1. The van der Waals surface area contributed by atoms with E-state index in [2.05, 4.69) is 49.3 Å². The van der Waals surface area contributed by atoms with Crippen LogP contribution in [-0.2, 0) is 6.42 Å². The lowest BCUT2D eigenvalue weighted by Crippen LogP contribution is -2.31. The van der Waals surface area contributed by atoms with Gasteiger partial charge in [0.15, 0.2) is 0 Å². The molecule has 0 radical (unpaired) electrons. The molecular formula is C17H15Br2NO. The number of aryl methyl sites for hydroxylation is 1. The summed E-state index contributed by atoms with van der Waals surface area (Å²) in [5.74, 6) is -0.0400. The second-order valence-corrected chi connectivity index (χ2v) is 7.36. The van der Waals surface area contributed by atoms with Gasteiger partial charge in [-0.1, -0.05) is 62.2 Å². The molecule has 2 aromatic rings. The normalized spacial score (nSPS) is 20.1. The van der Waals surface area contributed by atoms with Gasteiger partial charge in [-0.2, -0.15) is 0 Å². The number of rotatable bonds is 2. The Morgan fingerprint density at radius 3 is 2.76 bits per heavy atom. The molecule has 0 heterocycles. The molecule has 1 amide bonds. The summed E-state index contributed by atoms with van der Waals surface area (Å²) < 4.78 is 0.956. The van der Waals surface area contributed by atoms with E-state index in [-0.39, 0.29) is 16.8 Å². The van der Waals surface area contributed by atoms with Crippen molar-refractivity contribution in [1.82, 2.24) is 5.32 Å². The van der Waals surface area contributed by atoms with Gasteiger partial charge in [0, 0.05) is 14.9 Å². The van der Waals surface area contributed by atoms with Crippen LogP contribution in [0.5, 0.6) is 0 Å². The summed E-state index contributed by atoms with van der Waals surface area (Å²) in [7, 11) is 0. The number of benzene rings is 2. The zero-order valence-corrected chi connectivity index (χ0v) is 14.7. The van der Waals surface area contributed by atoms with Crippen LogP contribution < -0.4 is 5.32 Å². The first-order valence-electron chi connectivity index (χ1n) is 6.85. The highest BCUT2D eigenvalue weighted by atomic mass is 79.9. The summed E-state index contributed by atoms with van der Waals surface area (Å²) in [4.78, 5) is 12.7. The quantitative estimate of drug-likeness (QED) is 0.725. The average molecular weight is 409 g/mol. The Hall–Kier alpha value is -1.13. The number of halogens is 2. The minimum absolute atomic E-state index is 0.0220. The van der Waals surface area contributed by atoms with Crippen molar-refractivity contribution in [3.05, 3.63) is 69.2 Å². The van der Waals surface area contributed by atoms with Crippen molar-refractivity contribution in [3.8, 4) is 0 Å². The van der Waals surface area contributed by atoms with E-state index in [9.17, 15) is 4.79 Å². The topological polar surface area (TPSA) is 29.1 Å². The number of alkyl halides is 1. The lowest BCUT2D eigenvalue weighted by molar-refractivity contribution is 0.0938. The third-order valence-electron chi connectivity index (χ3n) is 3.89. The Labute approximate surface area is 141 Å². The van der Waals surface area contributed by atoms with Gasteiger partial charge in [0.25, 0.3) is 5.91 Å². The van der Waals surface area contributed by atoms with Crippen LogP contribution in [0.4, 0.5) is 0 Å². The fourth-order valence-electron chi connectivity index (χ4n) is 2.67. The molecule has 3 rings (SSSR count). The van der Waals surface area contributed by atoms with E-state index in [0.29, 0.717) is 5.56 Å². The SMILES string of the molecule is Cc1ccc(C(=O)NC2c3ccccc3CC2Br)cc1Br. The van der Waals surface area contributed by atoms with Crippen LogP contribution in [0.15, 0.2) is 46.9 Å². The van der Waals surface area contributed by atoms with Crippen LogP contribution in [0, 0.1) is 6.92 Å². The first-order valence-corrected chi connectivity index (χ1v) is 8.56. The van der Waals surface area contributed by atoms with Crippen LogP contribution in [0.3, 0.4) is 0 Å². The number of nitrogens with one attached hydrogen (secondary N) is 1. The van der Waals surface area contributed by atoms with Crippen molar-refractivity contribution in [2.24, 2.45) is 0 Å². The van der Waals surface area contributed by atoms with Gasteiger partial charge in [-0.15, -0.1) is 0 Å². The van der Waals surface area contributed by atoms with Gasteiger partial charge in [-0.25, -0.2) is 0 Å². The highest BCUT2D eigenvalue weighted by Gasteiger charge is 2.31. The molecule has 0 saturated carbocycles. The molecule has 2 nitrogen and oxygen atoms in total. The Morgan fingerprint density at radius 2 is 2.00 bits per heavy atom. The maximum Gasteiger partial charge on any atom is 0.251 e. The van der Waals surface area contributed by atoms with Gasteiger partial charge < -0.3 is 5.32 Å². The fourth-order valence-corrected chi connectivity index (χ4v) is 3.82. The maximum atomic E-state index is 12.5. The van der Waals surface area contributed by atoms with Crippen molar-refractivity contribution in [2.45, 2.75) is 24.2 Å². The third-order valence-corrected chi connectivity index (χ3v) is 5.59. The predicted octanol–water partition coefficient (Wildman–Crippen LogP) is 4.55. The molecule has 0 aromatic heterocycles. The molecule has 1 N–H and O–H groups in total. The molecule has 1 aliphatic rings. The van der Waals surface area contributed by atoms with Crippen molar-refractivity contribution in [3.63, 3.8) is 0 Å². The van der Waals surface area contributed by atoms with E-state index in [1.807, 2.05) is 37.3 Å². The number of fused-ring (bicyclic) bond motifs is 1. The van der Waals surface area contributed by atoms with Gasteiger partial charge in [-0.3, -0.25) is 4.79 Å².